The van der Waals surface area contributed by atoms with Gasteiger partial charge < -0.3 is 0 Å². The molecule has 0 aliphatic heterocycles. The van der Waals surface area contributed by atoms with Crippen LogP contribution in [0.5, 0.6) is 0 Å². The standard InChI is InChI=1S/C14H16.C2H6/c1-10(2)12-7-5-8-13-11(3)6-4-9-14(12)13;1-2/h4-10H,1-3H3;1-2H3. The van der Waals surface area contributed by atoms with E-state index in [0.29, 0.717) is 5.92 Å². The number of rotatable bonds is 1. The maximum atomic E-state index is 2.25. The lowest BCUT2D eigenvalue weighted by molar-refractivity contribution is 0.876. The Morgan fingerprint density at radius 2 is 1.38 bits per heavy atom. The summed E-state index contributed by atoms with van der Waals surface area (Å²) in [6.45, 7) is 10.7. The summed E-state index contributed by atoms with van der Waals surface area (Å²) in [6.07, 6.45) is 0. The quantitative estimate of drug-likeness (QED) is 0.604. The van der Waals surface area contributed by atoms with Crippen LogP contribution in [-0.4, -0.2) is 0 Å². The van der Waals surface area contributed by atoms with E-state index in [1.165, 1.54) is 21.9 Å². The molecule has 0 heteroatoms. The summed E-state index contributed by atoms with van der Waals surface area (Å²) in [5.41, 5.74) is 2.82. The molecule has 0 aromatic heterocycles. The van der Waals surface area contributed by atoms with Crippen LogP contribution in [-0.2, 0) is 0 Å². The lowest BCUT2D eigenvalue weighted by Crippen LogP contribution is -1.89. The van der Waals surface area contributed by atoms with Gasteiger partial charge in [0.25, 0.3) is 0 Å². The van der Waals surface area contributed by atoms with Crippen LogP contribution in [0, 0.1) is 6.92 Å². The minimum atomic E-state index is 0.598. The molecular weight excluding hydrogens is 192 g/mol. The van der Waals surface area contributed by atoms with Gasteiger partial charge in [0.2, 0.25) is 0 Å². The Morgan fingerprint density at radius 1 is 0.812 bits per heavy atom. The molecule has 0 aliphatic carbocycles. The largest absolute Gasteiger partial charge is 0.0683 e. The van der Waals surface area contributed by atoms with E-state index in [9.17, 15) is 0 Å². The second-order valence-electron chi connectivity index (χ2n) is 4.17. The van der Waals surface area contributed by atoms with Gasteiger partial charge in [0.15, 0.2) is 0 Å². The topological polar surface area (TPSA) is 0 Å². The van der Waals surface area contributed by atoms with Crippen molar-refractivity contribution in [3.05, 3.63) is 47.5 Å². The maximum absolute atomic E-state index is 2.25. The van der Waals surface area contributed by atoms with Crippen molar-refractivity contribution in [2.24, 2.45) is 0 Å². The van der Waals surface area contributed by atoms with Gasteiger partial charge in [-0.15, -0.1) is 0 Å². The zero-order chi connectivity index (χ0) is 12.1. The highest BCUT2D eigenvalue weighted by atomic mass is 14.1. The van der Waals surface area contributed by atoms with E-state index in [4.69, 9.17) is 0 Å². The molecule has 0 aliphatic rings. The molecule has 16 heavy (non-hydrogen) atoms. The summed E-state index contributed by atoms with van der Waals surface area (Å²) in [5, 5.41) is 2.79. The molecule has 0 atom stereocenters. The van der Waals surface area contributed by atoms with Crippen molar-refractivity contribution >= 4 is 10.8 Å². The third-order valence-electron chi connectivity index (χ3n) is 2.80. The van der Waals surface area contributed by atoms with E-state index < -0.39 is 0 Å². The summed E-state index contributed by atoms with van der Waals surface area (Å²) in [7, 11) is 0. The molecule has 0 amide bonds. The van der Waals surface area contributed by atoms with Crippen LogP contribution in [0.4, 0.5) is 0 Å². The fourth-order valence-corrected chi connectivity index (χ4v) is 1.99. The molecule has 0 saturated heterocycles. The van der Waals surface area contributed by atoms with Crippen LogP contribution in [0.25, 0.3) is 10.8 Å². The molecule has 0 radical (unpaired) electrons. The molecule has 86 valence electrons. The lowest BCUT2D eigenvalue weighted by atomic mass is 9.94. The van der Waals surface area contributed by atoms with E-state index in [1.807, 2.05) is 13.8 Å². The van der Waals surface area contributed by atoms with Gasteiger partial charge in [-0.05, 0) is 34.7 Å². The summed E-state index contributed by atoms with van der Waals surface area (Å²) >= 11 is 0. The number of fused-ring (bicyclic) bond motifs is 1. The van der Waals surface area contributed by atoms with Gasteiger partial charge in [-0.1, -0.05) is 64.1 Å². The third-order valence-corrected chi connectivity index (χ3v) is 2.80. The molecular formula is C16H22. The van der Waals surface area contributed by atoms with E-state index >= 15 is 0 Å². The average Bonchev–Trinajstić information content (AvgIpc) is 2.31. The van der Waals surface area contributed by atoms with Crippen LogP contribution in [0.2, 0.25) is 0 Å². The number of benzene rings is 2. The fraction of sp³-hybridized carbons (Fsp3) is 0.375. The highest BCUT2D eigenvalue weighted by Gasteiger charge is 2.04. The summed E-state index contributed by atoms with van der Waals surface area (Å²) < 4.78 is 0. The molecule has 2 aromatic rings. The summed E-state index contributed by atoms with van der Waals surface area (Å²) in [5.74, 6) is 0.598. The second-order valence-corrected chi connectivity index (χ2v) is 4.17. The Bertz CT molecular complexity index is 453. The van der Waals surface area contributed by atoms with Gasteiger partial charge in [0.05, 0.1) is 0 Å². The summed E-state index contributed by atoms with van der Waals surface area (Å²) in [4.78, 5) is 0. The van der Waals surface area contributed by atoms with Crippen LogP contribution in [0.15, 0.2) is 36.4 Å². The van der Waals surface area contributed by atoms with Crippen LogP contribution >= 0.6 is 0 Å². The SMILES string of the molecule is CC.Cc1cccc2c(C(C)C)cccc12. The molecule has 0 heterocycles. The molecule has 0 spiro atoms. The second kappa shape index (κ2) is 5.69. The molecule has 0 N–H and O–H groups in total. The van der Waals surface area contributed by atoms with Gasteiger partial charge >= 0.3 is 0 Å². The van der Waals surface area contributed by atoms with Gasteiger partial charge in [0.1, 0.15) is 0 Å². The van der Waals surface area contributed by atoms with E-state index in [2.05, 4.69) is 57.2 Å². The van der Waals surface area contributed by atoms with Crippen molar-refractivity contribution < 1.29 is 0 Å². The zero-order valence-electron chi connectivity index (χ0n) is 11.0. The molecule has 0 fully saturated rings. The molecule has 2 aromatic carbocycles. The average molecular weight is 214 g/mol. The van der Waals surface area contributed by atoms with Gasteiger partial charge in [-0.25, -0.2) is 0 Å². The molecule has 0 saturated carbocycles. The minimum absolute atomic E-state index is 0.598. The first kappa shape index (κ1) is 12.8. The van der Waals surface area contributed by atoms with Crippen molar-refractivity contribution in [1.82, 2.24) is 0 Å². The van der Waals surface area contributed by atoms with Crippen LogP contribution in [0.3, 0.4) is 0 Å². The van der Waals surface area contributed by atoms with E-state index in [-0.39, 0.29) is 0 Å². The van der Waals surface area contributed by atoms with Gasteiger partial charge in [-0.2, -0.15) is 0 Å². The predicted molar refractivity (Wildman–Crippen MR) is 74.1 cm³/mol. The third kappa shape index (κ3) is 2.44. The minimum Gasteiger partial charge on any atom is -0.0683 e. The lowest BCUT2D eigenvalue weighted by Gasteiger charge is -2.10. The highest BCUT2D eigenvalue weighted by molar-refractivity contribution is 5.88. The number of hydrogen-bond acceptors (Lipinski definition) is 0. The molecule has 2 rings (SSSR count). The number of aryl methyl sites for hydroxylation is 1. The first-order valence-corrected chi connectivity index (χ1v) is 6.18. The highest BCUT2D eigenvalue weighted by Crippen LogP contribution is 2.26. The van der Waals surface area contributed by atoms with Crippen molar-refractivity contribution in [2.45, 2.75) is 40.5 Å². The fourth-order valence-electron chi connectivity index (χ4n) is 1.99. The Morgan fingerprint density at radius 3 is 2.00 bits per heavy atom. The smallest absolute Gasteiger partial charge is 0.0147 e. The van der Waals surface area contributed by atoms with E-state index in [1.54, 1.807) is 0 Å². The van der Waals surface area contributed by atoms with Crippen molar-refractivity contribution in [2.75, 3.05) is 0 Å². The Kier molecular flexibility index (Phi) is 4.54. The van der Waals surface area contributed by atoms with Crippen molar-refractivity contribution in [3.63, 3.8) is 0 Å². The molecule has 0 nitrogen and oxygen atoms in total. The Balaban J connectivity index is 0.000000606. The molecule has 0 bridgehead atoms. The Labute approximate surface area is 99.3 Å². The van der Waals surface area contributed by atoms with Crippen LogP contribution < -0.4 is 0 Å². The van der Waals surface area contributed by atoms with Crippen molar-refractivity contribution in [3.8, 4) is 0 Å². The predicted octanol–water partition coefficient (Wildman–Crippen LogP) is 5.30. The van der Waals surface area contributed by atoms with Crippen molar-refractivity contribution in [1.29, 1.82) is 0 Å². The normalized spacial score (nSPS) is 10.1. The Hall–Kier alpha value is -1.30. The van der Waals surface area contributed by atoms with E-state index in [0.717, 1.165) is 0 Å². The monoisotopic (exact) mass is 214 g/mol. The molecule has 0 unspecified atom stereocenters. The summed E-state index contributed by atoms with van der Waals surface area (Å²) in [6, 6.07) is 13.1. The zero-order valence-corrected chi connectivity index (χ0v) is 11.0. The van der Waals surface area contributed by atoms with Crippen LogP contribution in [0.1, 0.15) is 44.7 Å². The maximum Gasteiger partial charge on any atom is -0.0147 e. The first-order chi connectivity index (χ1) is 7.70. The number of hydrogen-bond donors (Lipinski definition) is 0. The van der Waals surface area contributed by atoms with Gasteiger partial charge in [-0.3, -0.25) is 0 Å². The first-order valence-electron chi connectivity index (χ1n) is 6.18. The van der Waals surface area contributed by atoms with Gasteiger partial charge in [0, 0.05) is 0 Å².